The van der Waals surface area contributed by atoms with Gasteiger partial charge in [0, 0.05) is 5.69 Å². The summed E-state index contributed by atoms with van der Waals surface area (Å²) in [6, 6.07) is 17.3. The fourth-order valence-corrected chi connectivity index (χ4v) is 3.37. The van der Waals surface area contributed by atoms with Gasteiger partial charge in [0.1, 0.15) is 17.4 Å². The molecule has 39 heavy (non-hydrogen) atoms. The van der Waals surface area contributed by atoms with Crippen LogP contribution in [0.25, 0.3) is 6.08 Å². The van der Waals surface area contributed by atoms with E-state index >= 15 is 0 Å². The van der Waals surface area contributed by atoms with Crippen molar-refractivity contribution >= 4 is 29.3 Å². The normalized spacial score (nSPS) is 11.2. The number of anilines is 2. The number of amides is 2. The van der Waals surface area contributed by atoms with Gasteiger partial charge in [0.25, 0.3) is 11.8 Å². The van der Waals surface area contributed by atoms with Crippen LogP contribution >= 0.6 is 0 Å². The average Bonchev–Trinajstić information content (AvgIpc) is 2.91. The third-order valence-corrected chi connectivity index (χ3v) is 5.13. The van der Waals surface area contributed by atoms with E-state index in [1.54, 1.807) is 37.3 Å². The molecule has 0 unspecified atom stereocenters. The fraction of sp³-hybridized carbons (Fsp3) is 0.179. The Hall–Kier alpha value is -4.98. The third-order valence-electron chi connectivity index (χ3n) is 5.13. The minimum Gasteiger partial charge on any atom is -0.495 e. The Balaban J connectivity index is 1.73. The van der Waals surface area contributed by atoms with Crippen LogP contribution in [0.3, 0.4) is 0 Å². The van der Waals surface area contributed by atoms with E-state index in [1.165, 1.54) is 37.5 Å². The first-order valence-electron chi connectivity index (χ1n) is 11.6. The zero-order chi connectivity index (χ0) is 28.4. The Morgan fingerprint density at radius 3 is 2.41 bits per heavy atom. The summed E-state index contributed by atoms with van der Waals surface area (Å²) in [5, 5.41) is 14.5. The first-order valence-corrected chi connectivity index (χ1v) is 11.6. The van der Waals surface area contributed by atoms with Crippen LogP contribution in [0.2, 0.25) is 0 Å². The molecule has 2 amide bonds. The molecule has 0 saturated carbocycles. The first-order chi connectivity index (χ1) is 18.6. The van der Waals surface area contributed by atoms with Gasteiger partial charge in [0.15, 0.2) is 18.1 Å². The molecule has 3 rings (SSSR count). The van der Waals surface area contributed by atoms with Crippen LogP contribution in [0.4, 0.5) is 24.5 Å². The van der Waals surface area contributed by atoms with E-state index in [2.05, 4.69) is 10.6 Å². The molecule has 0 aromatic heterocycles. The molecule has 3 aromatic carbocycles. The molecule has 0 aliphatic heterocycles. The second kappa shape index (κ2) is 13.0. The summed E-state index contributed by atoms with van der Waals surface area (Å²) in [6.07, 6.45) is -3.33. The van der Waals surface area contributed by atoms with E-state index < -0.39 is 23.6 Å². The summed E-state index contributed by atoms with van der Waals surface area (Å²) in [4.78, 5) is 25.0. The molecule has 0 radical (unpaired) electrons. The highest BCUT2D eigenvalue weighted by Crippen LogP contribution is 2.32. The third kappa shape index (κ3) is 8.00. The number of alkyl halides is 3. The summed E-state index contributed by atoms with van der Waals surface area (Å²) in [6.45, 7) is 1.66. The SMILES string of the molecule is CCOc1cc(/C=C(\C#N)C(=O)Nc2cccc(C(F)(F)F)c2)ccc1OCC(=O)Nc1ccccc1OC. The van der Waals surface area contributed by atoms with Crippen molar-refractivity contribution in [3.8, 4) is 23.3 Å². The molecule has 0 aliphatic carbocycles. The minimum absolute atomic E-state index is 0.110. The van der Waals surface area contributed by atoms with Crippen molar-refractivity contribution in [2.45, 2.75) is 13.1 Å². The Bertz CT molecular complexity index is 1410. The molecule has 0 heterocycles. The van der Waals surface area contributed by atoms with Crippen LogP contribution < -0.4 is 24.8 Å². The van der Waals surface area contributed by atoms with Gasteiger partial charge < -0.3 is 24.8 Å². The van der Waals surface area contributed by atoms with Crippen molar-refractivity contribution < 1.29 is 37.0 Å². The monoisotopic (exact) mass is 539 g/mol. The van der Waals surface area contributed by atoms with Gasteiger partial charge in [-0.15, -0.1) is 0 Å². The van der Waals surface area contributed by atoms with Crippen molar-refractivity contribution in [2.75, 3.05) is 31.0 Å². The fourth-order valence-electron chi connectivity index (χ4n) is 3.37. The van der Waals surface area contributed by atoms with E-state index in [1.807, 2.05) is 0 Å². The van der Waals surface area contributed by atoms with Crippen molar-refractivity contribution in [1.29, 1.82) is 5.26 Å². The van der Waals surface area contributed by atoms with E-state index in [9.17, 15) is 28.0 Å². The predicted molar refractivity (Wildman–Crippen MR) is 138 cm³/mol. The highest BCUT2D eigenvalue weighted by atomic mass is 19.4. The Morgan fingerprint density at radius 1 is 0.949 bits per heavy atom. The number of methoxy groups -OCH3 is 1. The summed E-state index contributed by atoms with van der Waals surface area (Å²) in [7, 11) is 1.48. The van der Waals surface area contributed by atoms with Crippen molar-refractivity contribution in [3.63, 3.8) is 0 Å². The number of nitriles is 1. The van der Waals surface area contributed by atoms with Gasteiger partial charge >= 0.3 is 6.18 Å². The summed E-state index contributed by atoms with van der Waals surface area (Å²) < 4.78 is 55.3. The standard InChI is InChI=1S/C28H24F3N3O5/c1-3-38-25-14-18(11-12-24(25)39-17-26(35)34-22-9-4-5-10-23(22)37-2)13-19(16-32)27(36)33-21-8-6-7-20(15-21)28(29,30)31/h4-15H,3,17H2,1-2H3,(H,33,36)(H,34,35)/b19-13+. The van der Waals surface area contributed by atoms with Crippen LogP contribution in [0.1, 0.15) is 18.1 Å². The zero-order valence-electron chi connectivity index (χ0n) is 21.0. The van der Waals surface area contributed by atoms with Crippen LogP contribution in [-0.4, -0.2) is 32.1 Å². The Kier molecular flexibility index (Phi) is 9.53. The molecule has 0 bridgehead atoms. The maximum atomic E-state index is 13.0. The van der Waals surface area contributed by atoms with Gasteiger partial charge in [-0.05, 0) is 61.0 Å². The lowest BCUT2D eigenvalue weighted by atomic mass is 10.1. The highest BCUT2D eigenvalue weighted by molar-refractivity contribution is 6.09. The van der Waals surface area contributed by atoms with Gasteiger partial charge in [-0.2, -0.15) is 18.4 Å². The van der Waals surface area contributed by atoms with Gasteiger partial charge in [0.05, 0.1) is 25.0 Å². The molecule has 3 aromatic rings. The molecule has 2 N–H and O–H groups in total. The molecular weight excluding hydrogens is 515 g/mol. The van der Waals surface area contributed by atoms with Gasteiger partial charge in [-0.1, -0.05) is 24.3 Å². The number of ether oxygens (including phenoxy) is 3. The molecule has 0 spiro atoms. The zero-order valence-corrected chi connectivity index (χ0v) is 21.0. The average molecular weight is 540 g/mol. The number of carbonyl (C=O) groups is 2. The molecule has 8 nitrogen and oxygen atoms in total. The molecule has 0 atom stereocenters. The van der Waals surface area contributed by atoms with E-state index in [4.69, 9.17) is 14.2 Å². The number of para-hydroxylation sites is 2. The maximum absolute atomic E-state index is 13.0. The summed E-state index contributed by atoms with van der Waals surface area (Å²) in [5.74, 6) is -0.336. The number of nitrogens with one attached hydrogen (secondary N) is 2. The van der Waals surface area contributed by atoms with E-state index in [-0.39, 0.29) is 36.0 Å². The maximum Gasteiger partial charge on any atom is 0.416 e. The van der Waals surface area contributed by atoms with Crippen molar-refractivity contribution in [1.82, 2.24) is 0 Å². The Morgan fingerprint density at radius 2 is 1.72 bits per heavy atom. The largest absolute Gasteiger partial charge is 0.495 e. The summed E-state index contributed by atoms with van der Waals surface area (Å²) in [5.41, 5.74) is -0.524. The molecular formula is C28H24F3N3O5. The van der Waals surface area contributed by atoms with Crippen LogP contribution in [0, 0.1) is 11.3 Å². The quantitative estimate of drug-likeness (QED) is 0.254. The lowest BCUT2D eigenvalue weighted by Gasteiger charge is -2.14. The number of hydrogen-bond acceptors (Lipinski definition) is 6. The van der Waals surface area contributed by atoms with Crippen molar-refractivity contribution in [3.05, 3.63) is 83.4 Å². The number of carbonyl (C=O) groups excluding carboxylic acids is 2. The lowest BCUT2D eigenvalue weighted by Crippen LogP contribution is -2.20. The van der Waals surface area contributed by atoms with Gasteiger partial charge in [-0.25, -0.2) is 0 Å². The number of hydrogen-bond donors (Lipinski definition) is 2. The predicted octanol–water partition coefficient (Wildman–Crippen LogP) is 5.68. The smallest absolute Gasteiger partial charge is 0.416 e. The van der Waals surface area contributed by atoms with Crippen molar-refractivity contribution in [2.24, 2.45) is 0 Å². The second-order valence-electron chi connectivity index (χ2n) is 7.88. The molecule has 0 saturated heterocycles. The first kappa shape index (κ1) is 28.6. The van der Waals surface area contributed by atoms with Crippen LogP contribution in [0.15, 0.2) is 72.3 Å². The van der Waals surface area contributed by atoms with Crippen LogP contribution in [-0.2, 0) is 15.8 Å². The number of halogens is 3. The van der Waals surface area contributed by atoms with E-state index in [0.29, 0.717) is 17.0 Å². The number of rotatable bonds is 10. The lowest BCUT2D eigenvalue weighted by molar-refractivity contribution is -0.137. The highest BCUT2D eigenvalue weighted by Gasteiger charge is 2.30. The van der Waals surface area contributed by atoms with Crippen LogP contribution in [0.5, 0.6) is 17.2 Å². The van der Waals surface area contributed by atoms with Gasteiger partial charge in [-0.3, -0.25) is 9.59 Å². The van der Waals surface area contributed by atoms with Gasteiger partial charge in [0.2, 0.25) is 0 Å². The molecule has 0 aliphatic rings. The Labute approximate surface area is 222 Å². The second-order valence-corrected chi connectivity index (χ2v) is 7.88. The number of nitrogens with zero attached hydrogens (tertiary/aromatic N) is 1. The molecule has 202 valence electrons. The molecule has 11 heteroatoms. The summed E-state index contributed by atoms with van der Waals surface area (Å²) >= 11 is 0. The minimum atomic E-state index is -4.58. The van der Waals surface area contributed by atoms with E-state index in [0.717, 1.165) is 18.2 Å². The topological polar surface area (TPSA) is 110 Å². The number of benzene rings is 3. The molecule has 0 fully saturated rings.